The lowest BCUT2D eigenvalue weighted by Gasteiger charge is -2.01. The molecule has 0 saturated carbocycles. The first-order valence-electron chi connectivity index (χ1n) is 5.37. The first-order chi connectivity index (χ1) is 7.75. The maximum absolute atomic E-state index is 4.61. The zero-order chi connectivity index (χ0) is 11.4. The van der Waals surface area contributed by atoms with Gasteiger partial charge in [-0.05, 0) is 26.0 Å². The van der Waals surface area contributed by atoms with E-state index in [1.54, 1.807) is 11.8 Å². The third-order valence-corrected chi connectivity index (χ3v) is 3.15. The van der Waals surface area contributed by atoms with Crippen LogP contribution in [0.2, 0.25) is 0 Å². The van der Waals surface area contributed by atoms with E-state index in [4.69, 9.17) is 0 Å². The van der Waals surface area contributed by atoms with Gasteiger partial charge in [-0.3, -0.25) is 0 Å². The molecule has 2 aromatic rings. The standard InChI is InChI=1S/C14H15NS/c1-11(2)9-10-16-14-8-7-12-5-3-4-6-13(12)15-14/h3-9H,10H2,1-2H3. The van der Waals surface area contributed by atoms with Crippen LogP contribution in [-0.4, -0.2) is 10.7 Å². The summed E-state index contributed by atoms with van der Waals surface area (Å²) in [6.45, 7) is 4.24. The average Bonchev–Trinajstić information content (AvgIpc) is 2.28. The molecule has 0 spiro atoms. The van der Waals surface area contributed by atoms with Crippen molar-refractivity contribution < 1.29 is 0 Å². The van der Waals surface area contributed by atoms with Crippen molar-refractivity contribution in [2.45, 2.75) is 18.9 Å². The molecule has 0 aliphatic carbocycles. The van der Waals surface area contributed by atoms with Crippen LogP contribution < -0.4 is 0 Å². The summed E-state index contributed by atoms with van der Waals surface area (Å²) in [7, 11) is 0. The van der Waals surface area contributed by atoms with Crippen LogP contribution in [0.5, 0.6) is 0 Å². The highest BCUT2D eigenvalue weighted by molar-refractivity contribution is 7.99. The van der Waals surface area contributed by atoms with Crippen LogP contribution in [0.15, 0.2) is 53.1 Å². The number of fused-ring (bicyclic) bond motifs is 1. The van der Waals surface area contributed by atoms with Gasteiger partial charge in [0.15, 0.2) is 0 Å². The number of nitrogens with zero attached hydrogens (tertiary/aromatic N) is 1. The van der Waals surface area contributed by atoms with Crippen LogP contribution in [0.1, 0.15) is 13.8 Å². The van der Waals surface area contributed by atoms with Crippen LogP contribution >= 0.6 is 11.8 Å². The second-order valence-electron chi connectivity index (χ2n) is 3.93. The number of para-hydroxylation sites is 1. The fourth-order valence-corrected chi connectivity index (χ4v) is 2.34. The summed E-state index contributed by atoms with van der Waals surface area (Å²) >= 11 is 1.78. The third kappa shape index (κ3) is 2.86. The van der Waals surface area contributed by atoms with E-state index in [9.17, 15) is 0 Å². The predicted octanol–water partition coefficient (Wildman–Crippen LogP) is 4.29. The molecule has 0 bridgehead atoms. The van der Waals surface area contributed by atoms with E-state index in [-0.39, 0.29) is 0 Å². The van der Waals surface area contributed by atoms with Gasteiger partial charge in [-0.2, -0.15) is 0 Å². The minimum Gasteiger partial charge on any atom is -0.241 e. The second-order valence-corrected chi connectivity index (χ2v) is 4.97. The Labute approximate surface area is 101 Å². The van der Waals surface area contributed by atoms with Gasteiger partial charge in [0, 0.05) is 11.1 Å². The molecule has 0 N–H and O–H groups in total. The first-order valence-corrected chi connectivity index (χ1v) is 6.36. The molecule has 0 amide bonds. The molecular formula is C14H15NS. The van der Waals surface area contributed by atoms with Crippen LogP contribution in [0.4, 0.5) is 0 Å². The molecule has 1 aromatic carbocycles. The fraction of sp³-hybridized carbons (Fsp3) is 0.214. The zero-order valence-corrected chi connectivity index (χ0v) is 10.4. The Balaban J connectivity index is 2.16. The fourth-order valence-electron chi connectivity index (χ4n) is 1.42. The molecule has 0 aliphatic heterocycles. The van der Waals surface area contributed by atoms with Crippen LogP contribution in [0.3, 0.4) is 0 Å². The van der Waals surface area contributed by atoms with E-state index < -0.39 is 0 Å². The van der Waals surface area contributed by atoms with E-state index in [1.807, 2.05) is 12.1 Å². The van der Waals surface area contributed by atoms with Crippen molar-refractivity contribution in [2.75, 3.05) is 5.75 Å². The summed E-state index contributed by atoms with van der Waals surface area (Å²) in [6.07, 6.45) is 2.22. The van der Waals surface area contributed by atoms with E-state index in [0.717, 1.165) is 16.3 Å². The van der Waals surface area contributed by atoms with Crippen molar-refractivity contribution in [1.29, 1.82) is 0 Å². The molecule has 2 rings (SSSR count). The van der Waals surface area contributed by atoms with Gasteiger partial charge in [-0.25, -0.2) is 4.98 Å². The van der Waals surface area contributed by atoms with Crippen LogP contribution in [-0.2, 0) is 0 Å². The Hall–Kier alpha value is -1.28. The number of benzene rings is 1. The Morgan fingerprint density at radius 2 is 2.00 bits per heavy atom. The normalized spacial score (nSPS) is 10.4. The van der Waals surface area contributed by atoms with Crippen molar-refractivity contribution >= 4 is 22.7 Å². The van der Waals surface area contributed by atoms with E-state index >= 15 is 0 Å². The molecule has 1 aromatic heterocycles. The molecule has 2 heteroatoms. The maximum Gasteiger partial charge on any atom is 0.0970 e. The lowest BCUT2D eigenvalue weighted by atomic mass is 10.2. The summed E-state index contributed by atoms with van der Waals surface area (Å²) in [5.74, 6) is 0.994. The van der Waals surface area contributed by atoms with Crippen molar-refractivity contribution in [1.82, 2.24) is 4.98 Å². The van der Waals surface area contributed by atoms with Gasteiger partial charge < -0.3 is 0 Å². The molecule has 16 heavy (non-hydrogen) atoms. The molecule has 1 nitrogen and oxygen atoms in total. The molecule has 0 saturated heterocycles. The van der Waals surface area contributed by atoms with Gasteiger partial charge in [0.25, 0.3) is 0 Å². The number of allylic oxidation sites excluding steroid dienone is 1. The second kappa shape index (κ2) is 5.17. The molecule has 0 unspecified atom stereocenters. The summed E-state index contributed by atoms with van der Waals surface area (Å²) in [5.41, 5.74) is 2.43. The quantitative estimate of drug-likeness (QED) is 0.575. The highest BCUT2D eigenvalue weighted by Crippen LogP contribution is 2.20. The first kappa shape index (κ1) is 11.2. The third-order valence-electron chi connectivity index (χ3n) is 2.30. The number of aromatic nitrogens is 1. The summed E-state index contributed by atoms with van der Waals surface area (Å²) in [5, 5.41) is 2.30. The molecule has 0 aliphatic rings. The van der Waals surface area contributed by atoms with Crippen LogP contribution in [0.25, 0.3) is 10.9 Å². The van der Waals surface area contributed by atoms with Crippen molar-refractivity contribution in [2.24, 2.45) is 0 Å². The Morgan fingerprint density at radius 1 is 1.19 bits per heavy atom. The summed E-state index contributed by atoms with van der Waals surface area (Å²) in [4.78, 5) is 4.61. The largest absolute Gasteiger partial charge is 0.241 e. The number of hydrogen-bond acceptors (Lipinski definition) is 2. The number of hydrogen-bond donors (Lipinski definition) is 0. The van der Waals surface area contributed by atoms with Gasteiger partial charge in [-0.15, -0.1) is 11.8 Å². The molecule has 0 atom stereocenters. The van der Waals surface area contributed by atoms with Gasteiger partial charge in [0.05, 0.1) is 10.5 Å². The summed E-state index contributed by atoms with van der Waals surface area (Å²) < 4.78 is 0. The van der Waals surface area contributed by atoms with Crippen molar-refractivity contribution in [3.05, 3.63) is 48.0 Å². The minimum atomic E-state index is 0.994. The molecular weight excluding hydrogens is 214 g/mol. The lowest BCUT2D eigenvalue weighted by molar-refractivity contribution is 1.19. The van der Waals surface area contributed by atoms with Gasteiger partial charge in [0.1, 0.15) is 0 Å². The number of pyridine rings is 1. The molecule has 0 fully saturated rings. The van der Waals surface area contributed by atoms with Crippen molar-refractivity contribution in [3.63, 3.8) is 0 Å². The smallest absolute Gasteiger partial charge is 0.0970 e. The van der Waals surface area contributed by atoms with Gasteiger partial charge in [0.2, 0.25) is 0 Å². The Bertz CT molecular complexity index is 513. The molecule has 0 radical (unpaired) electrons. The Kier molecular flexibility index (Phi) is 3.62. The monoisotopic (exact) mass is 229 g/mol. The SMILES string of the molecule is CC(C)=CCSc1ccc2ccccc2n1. The maximum atomic E-state index is 4.61. The van der Waals surface area contributed by atoms with E-state index in [1.165, 1.54) is 11.0 Å². The van der Waals surface area contributed by atoms with E-state index in [0.29, 0.717) is 0 Å². The average molecular weight is 229 g/mol. The highest BCUT2D eigenvalue weighted by Gasteiger charge is 1.97. The zero-order valence-electron chi connectivity index (χ0n) is 9.60. The van der Waals surface area contributed by atoms with Crippen LogP contribution in [0, 0.1) is 0 Å². The number of rotatable bonds is 3. The minimum absolute atomic E-state index is 0.994. The summed E-state index contributed by atoms with van der Waals surface area (Å²) in [6, 6.07) is 12.4. The topological polar surface area (TPSA) is 12.9 Å². The van der Waals surface area contributed by atoms with Gasteiger partial charge >= 0.3 is 0 Å². The highest BCUT2D eigenvalue weighted by atomic mass is 32.2. The Morgan fingerprint density at radius 3 is 2.81 bits per heavy atom. The van der Waals surface area contributed by atoms with Gasteiger partial charge in [-0.1, -0.05) is 35.9 Å². The number of thioether (sulfide) groups is 1. The lowest BCUT2D eigenvalue weighted by Crippen LogP contribution is -1.83. The molecule has 82 valence electrons. The predicted molar refractivity (Wildman–Crippen MR) is 71.9 cm³/mol. The molecule has 1 heterocycles. The van der Waals surface area contributed by atoms with E-state index in [2.05, 4.69) is 49.2 Å². The van der Waals surface area contributed by atoms with Crippen molar-refractivity contribution in [3.8, 4) is 0 Å².